The number of amides is 1. The van der Waals surface area contributed by atoms with E-state index in [-0.39, 0.29) is 22.3 Å². The van der Waals surface area contributed by atoms with Gasteiger partial charge in [-0.1, -0.05) is 11.6 Å². The summed E-state index contributed by atoms with van der Waals surface area (Å²) in [4.78, 5) is 24.3. The standard InChI is InChI=1S/C17H15ClN2O7S/c1-9(16(21)20-10-2-5-14-15(6-10)26-8-25-14)27-17(22)12-7-11(28(19,23)24)3-4-13(12)18/h2-7,9H,8H2,1H3,(H,20,21)(H2,19,23,24)/t9-/m0/s1. The van der Waals surface area contributed by atoms with Gasteiger partial charge in [0.15, 0.2) is 17.6 Å². The van der Waals surface area contributed by atoms with E-state index in [0.717, 1.165) is 12.1 Å². The summed E-state index contributed by atoms with van der Waals surface area (Å²) in [6.45, 7) is 1.46. The zero-order chi connectivity index (χ0) is 20.5. The first-order valence-corrected chi connectivity index (χ1v) is 9.81. The number of nitrogens with two attached hydrogens (primary N) is 1. The minimum Gasteiger partial charge on any atom is -0.454 e. The van der Waals surface area contributed by atoms with E-state index in [1.165, 1.54) is 13.0 Å². The molecule has 1 aliphatic rings. The average molecular weight is 427 g/mol. The van der Waals surface area contributed by atoms with E-state index >= 15 is 0 Å². The third kappa shape index (κ3) is 4.35. The zero-order valence-electron chi connectivity index (χ0n) is 14.5. The Hall–Kier alpha value is -2.82. The average Bonchev–Trinajstić information content (AvgIpc) is 3.08. The number of anilines is 1. The van der Waals surface area contributed by atoms with Gasteiger partial charge in [0.2, 0.25) is 16.8 Å². The molecule has 0 saturated carbocycles. The summed E-state index contributed by atoms with van der Waals surface area (Å²) >= 11 is 5.93. The van der Waals surface area contributed by atoms with Crippen LogP contribution in [0.3, 0.4) is 0 Å². The quantitative estimate of drug-likeness (QED) is 0.697. The second kappa shape index (κ2) is 7.66. The molecule has 1 atom stereocenters. The SMILES string of the molecule is C[C@H](OC(=O)c1cc(S(N)(=O)=O)ccc1Cl)C(=O)Nc1ccc2c(c1)OCO2. The first kappa shape index (κ1) is 19.9. The van der Waals surface area contributed by atoms with E-state index in [2.05, 4.69) is 5.32 Å². The molecule has 1 amide bonds. The number of hydrogen-bond donors (Lipinski definition) is 2. The van der Waals surface area contributed by atoms with E-state index in [1.807, 2.05) is 0 Å². The molecule has 0 fully saturated rings. The summed E-state index contributed by atoms with van der Waals surface area (Å²) in [6, 6.07) is 8.16. The van der Waals surface area contributed by atoms with Crippen LogP contribution in [0.15, 0.2) is 41.3 Å². The number of nitrogens with one attached hydrogen (secondary N) is 1. The largest absolute Gasteiger partial charge is 0.454 e. The molecule has 28 heavy (non-hydrogen) atoms. The van der Waals surface area contributed by atoms with Crippen molar-refractivity contribution >= 4 is 39.2 Å². The molecule has 3 N–H and O–H groups in total. The summed E-state index contributed by atoms with van der Waals surface area (Å²) in [5.41, 5.74) is 0.197. The molecule has 3 rings (SSSR count). The number of hydrogen-bond acceptors (Lipinski definition) is 7. The van der Waals surface area contributed by atoms with Crippen molar-refractivity contribution in [2.45, 2.75) is 17.9 Å². The summed E-state index contributed by atoms with van der Waals surface area (Å²) in [7, 11) is -4.03. The Morgan fingerprint density at radius 1 is 1.18 bits per heavy atom. The Morgan fingerprint density at radius 3 is 2.61 bits per heavy atom. The van der Waals surface area contributed by atoms with Gasteiger partial charge in [-0.05, 0) is 37.3 Å². The maximum atomic E-state index is 12.3. The lowest BCUT2D eigenvalue weighted by molar-refractivity contribution is -0.123. The van der Waals surface area contributed by atoms with Crippen LogP contribution in [0.1, 0.15) is 17.3 Å². The van der Waals surface area contributed by atoms with Crippen molar-refractivity contribution in [1.29, 1.82) is 0 Å². The van der Waals surface area contributed by atoms with Gasteiger partial charge in [-0.25, -0.2) is 18.4 Å². The minimum absolute atomic E-state index is 0.0409. The van der Waals surface area contributed by atoms with Crippen LogP contribution in [0.5, 0.6) is 11.5 Å². The molecule has 1 heterocycles. The number of primary sulfonamides is 1. The van der Waals surface area contributed by atoms with Gasteiger partial charge in [-0.2, -0.15) is 0 Å². The molecule has 2 aromatic rings. The second-order valence-corrected chi connectivity index (χ2v) is 7.76. The van der Waals surface area contributed by atoms with E-state index in [9.17, 15) is 18.0 Å². The highest BCUT2D eigenvalue weighted by atomic mass is 35.5. The Labute approximate surface area is 165 Å². The van der Waals surface area contributed by atoms with Gasteiger partial charge in [0.05, 0.1) is 15.5 Å². The second-order valence-electron chi connectivity index (χ2n) is 5.79. The molecular weight excluding hydrogens is 412 g/mol. The maximum absolute atomic E-state index is 12.3. The Bertz CT molecular complexity index is 1060. The molecule has 2 aromatic carbocycles. The lowest BCUT2D eigenvalue weighted by Crippen LogP contribution is -2.30. The lowest BCUT2D eigenvalue weighted by atomic mass is 10.2. The Kier molecular flexibility index (Phi) is 5.45. The van der Waals surface area contributed by atoms with Gasteiger partial charge in [0, 0.05) is 11.8 Å². The molecule has 1 aliphatic heterocycles. The number of carbonyl (C=O) groups excluding carboxylic acids is 2. The van der Waals surface area contributed by atoms with Crippen molar-refractivity contribution in [2.75, 3.05) is 12.1 Å². The number of carbonyl (C=O) groups is 2. The predicted octanol–water partition coefficient (Wildman–Crippen LogP) is 1.90. The fraction of sp³-hybridized carbons (Fsp3) is 0.176. The molecule has 0 saturated heterocycles. The molecule has 0 aliphatic carbocycles. The van der Waals surface area contributed by atoms with Gasteiger partial charge in [0.25, 0.3) is 5.91 Å². The Balaban J connectivity index is 1.69. The number of halogens is 1. The number of ether oxygens (including phenoxy) is 3. The van der Waals surface area contributed by atoms with Crippen LogP contribution in [0.2, 0.25) is 5.02 Å². The molecule has 0 radical (unpaired) electrons. The van der Waals surface area contributed by atoms with Crippen molar-refractivity contribution in [3.05, 3.63) is 47.0 Å². The molecule has 11 heteroatoms. The maximum Gasteiger partial charge on any atom is 0.340 e. The monoisotopic (exact) mass is 426 g/mol. The van der Waals surface area contributed by atoms with Crippen molar-refractivity contribution in [3.8, 4) is 11.5 Å². The van der Waals surface area contributed by atoms with Crippen molar-refractivity contribution in [1.82, 2.24) is 0 Å². The zero-order valence-corrected chi connectivity index (χ0v) is 16.0. The summed E-state index contributed by atoms with van der Waals surface area (Å²) in [6.07, 6.45) is -1.19. The van der Waals surface area contributed by atoms with Crippen LogP contribution >= 0.6 is 11.6 Å². The van der Waals surface area contributed by atoms with Crippen LogP contribution in [0.4, 0.5) is 5.69 Å². The fourth-order valence-electron chi connectivity index (χ4n) is 2.33. The first-order valence-electron chi connectivity index (χ1n) is 7.89. The molecule has 148 valence electrons. The van der Waals surface area contributed by atoms with Crippen LogP contribution < -0.4 is 19.9 Å². The first-order chi connectivity index (χ1) is 13.1. The van der Waals surface area contributed by atoms with Gasteiger partial charge < -0.3 is 19.5 Å². The van der Waals surface area contributed by atoms with E-state index in [0.29, 0.717) is 17.2 Å². The van der Waals surface area contributed by atoms with Gasteiger partial charge in [-0.15, -0.1) is 0 Å². The molecule has 0 unspecified atom stereocenters. The number of esters is 1. The molecule has 9 nitrogen and oxygen atoms in total. The third-order valence-corrected chi connectivity index (χ3v) is 5.02. The van der Waals surface area contributed by atoms with Gasteiger partial charge >= 0.3 is 5.97 Å². The summed E-state index contributed by atoms with van der Waals surface area (Å²) in [5, 5.41) is 7.58. The normalized spacial score (nSPS) is 13.7. The van der Waals surface area contributed by atoms with Crippen LogP contribution in [0.25, 0.3) is 0 Å². The third-order valence-electron chi connectivity index (χ3n) is 3.78. The van der Waals surface area contributed by atoms with E-state index in [4.69, 9.17) is 31.0 Å². The number of benzene rings is 2. The number of rotatable bonds is 5. The smallest absolute Gasteiger partial charge is 0.340 e. The lowest BCUT2D eigenvalue weighted by Gasteiger charge is -2.14. The summed E-state index contributed by atoms with van der Waals surface area (Å²) in [5.74, 6) is -0.536. The number of sulfonamides is 1. The molecular formula is C17H15ClN2O7S. The van der Waals surface area contributed by atoms with Crippen molar-refractivity contribution in [3.63, 3.8) is 0 Å². The van der Waals surface area contributed by atoms with Gasteiger partial charge in [-0.3, -0.25) is 4.79 Å². The van der Waals surface area contributed by atoms with Crippen LogP contribution in [-0.2, 0) is 19.6 Å². The van der Waals surface area contributed by atoms with Crippen LogP contribution in [0, 0.1) is 0 Å². The van der Waals surface area contributed by atoms with Crippen molar-refractivity contribution in [2.24, 2.45) is 5.14 Å². The molecule has 0 bridgehead atoms. The topological polar surface area (TPSA) is 134 Å². The fourth-order valence-corrected chi connectivity index (χ4v) is 3.07. The molecule has 0 spiro atoms. The van der Waals surface area contributed by atoms with Gasteiger partial charge in [0.1, 0.15) is 0 Å². The van der Waals surface area contributed by atoms with Crippen molar-refractivity contribution < 1.29 is 32.2 Å². The predicted molar refractivity (Wildman–Crippen MR) is 98.9 cm³/mol. The minimum atomic E-state index is -4.03. The highest BCUT2D eigenvalue weighted by Crippen LogP contribution is 2.34. The van der Waals surface area contributed by atoms with Crippen LogP contribution in [-0.4, -0.2) is 33.2 Å². The number of fused-ring (bicyclic) bond motifs is 1. The Morgan fingerprint density at radius 2 is 1.89 bits per heavy atom. The van der Waals surface area contributed by atoms with E-state index in [1.54, 1.807) is 18.2 Å². The highest BCUT2D eigenvalue weighted by Gasteiger charge is 2.23. The summed E-state index contributed by atoms with van der Waals surface area (Å²) < 4.78 is 38.4. The highest BCUT2D eigenvalue weighted by molar-refractivity contribution is 7.89. The van der Waals surface area contributed by atoms with E-state index < -0.39 is 28.0 Å². The molecule has 0 aromatic heterocycles.